The molecule has 1 aromatic heterocycles. The van der Waals surface area contributed by atoms with E-state index in [0.29, 0.717) is 60.5 Å². The van der Waals surface area contributed by atoms with Crippen molar-refractivity contribution in [3.8, 4) is 11.3 Å². The Kier molecular flexibility index (Phi) is 13.2. The van der Waals surface area contributed by atoms with E-state index in [1.54, 1.807) is 23.1 Å². The Morgan fingerprint density at radius 1 is 0.783 bits per heavy atom. The van der Waals surface area contributed by atoms with Gasteiger partial charge in [0.25, 0.3) is 0 Å². The van der Waals surface area contributed by atoms with Gasteiger partial charge < -0.3 is 25.8 Å². The molecule has 5 aliphatic rings. The van der Waals surface area contributed by atoms with Gasteiger partial charge in [0.1, 0.15) is 17.6 Å². The third-order valence-corrected chi connectivity index (χ3v) is 13.1. The summed E-state index contributed by atoms with van der Waals surface area (Å²) in [4.78, 5) is 64.2. The lowest BCUT2D eigenvalue weighted by atomic mass is 9.80. The molecule has 4 heterocycles. The third kappa shape index (κ3) is 10.4. The second-order valence-corrected chi connectivity index (χ2v) is 17.4. The van der Waals surface area contributed by atoms with Gasteiger partial charge in [0.2, 0.25) is 29.6 Å². The number of carbonyl (C=O) groups excluding carboxylic acids is 4. The SMILES string of the molecule is O=C1CCC(Nc2ccc(N3CCN(CC4CCC(CC(=O)N[C@H]5CC[C@H](Nc6ncc(F)c(-c7cccc(N8CCCCC8=O)c7)n6)CC5)CC4)CC3)c(F)c2)C(=O)N1. The molecule has 13 nitrogen and oxygen atoms in total. The van der Waals surface area contributed by atoms with Crippen molar-refractivity contribution in [2.24, 2.45) is 11.8 Å². The van der Waals surface area contributed by atoms with Crippen LogP contribution in [0.3, 0.4) is 0 Å². The van der Waals surface area contributed by atoms with Gasteiger partial charge in [-0.3, -0.25) is 29.4 Å². The summed E-state index contributed by atoms with van der Waals surface area (Å²) >= 11 is 0. The number of rotatable bonds is 12. The maximum absolute atomic E-state index is 15.2. The van der Waals surface area contributed by atoms with Crippen molar-refractivity contribution in [1.82, 2.24) is 25.5 Å². The summed E-state index contributed by atoms with van der Waals surface area (Å²) in [5.74, 6) is 0.0968. The average molecular weight is 826 g/mol. The maximum Gasteiger partial charge on any atom is 0.249 e. The highest BCUT2D eigenvalue weighted by Crippen LogP contribution is 2.33. The summed E-state index contributed by atoms with van der Waals surface area (Å²) in [5.41, 5.74) is 2.65. The number of carbonyl (C=O) groups is 4. The number of benzene rings is 2. The first-order valence-corrected chi connectivity index (χ1v) is 22.0. The zero-order valence-electron chi connectivity index (χ0n) is 34.3. The number of hydrogen-bond acceptors (Lipinski definition) is 10. The molecule has 2 saturated carbocycles. The molecule has 320 valence electrons. The Balaban J connectivity index is 0.720. The van der Waals surface area contributed by atoms with Gasteiger partial charge in [-0.2, -0.15) is 0 Å². The molecule has 3 aliphatic heterocycles. The van der Waals surface area contributed by atoms with Crippen molar-refractivity contribution >= 4 is 46.6 Å². The first kappa shape index (κ1) is 41.5. The number of hydrogen-bond donors (Lipinski definition) is 4. The number of piperidine rings is 2. The summed E-state index contributed by atoms with van der Waals surface area (Å²) in [6.45, 7) is 4.90. The number of anilines is 4. The van der Waals surface area contributed by atoms with Crippen molar-refractivity contribution < 1.29 is 28.0 Å². The van der Waals surface area contributed by atoms with Crippen LogP contribution in [0, 0.1) is 23.5 Å². The second-order valence-electron chi connectivity index (χ2n) is 17.4. The molecule has 2 aromatic carbocycles. The van der Waals surface area contributed by atoms with E-state index >= 15 is 4.39 Å². The third-order valence-electron chi connectivity index (χ3n) is 13.1. The molecule has 1 atom stereocenters. The molecule has 0 radical (unpaired) electrons. The number of nitrogens with one attached hydrogen (secondary N) is 4. The molecule has 60 heavy (non-hydrogen) atoms. The molecule has 3 aromatic rings. The maximum atomic E-state index is 15.2. The minimum Gasteiger partial charge on any atom is -0.374 e. The van der Waals surface area contributed by atoms with Crippen LogP contribution in [-0.2, 0) is 19.2 Å². The Morgan fingerprint density at radius 3 is 2.30 bits per heavy atom. The molecule has 8 rings (SSSR count). The summed E-state index contributed by atoms with van der Waals surface area (Å²) in [5, 5.41) is 12.1. The normalized spacial score (nSPS) is 25.4. The highest BCUT2D eigenvalue weighted by molar-refractivity contribution is 6.01. The smallest absolute Gasteiger partial charge is 0.249 e. The molecule has 5 fully saturated rings. The molecule has 1 unspecified atom stereocenters. The first-order valence-electron chi connectivity index (χ1n) is 22.0. The number of imide groups is 1. The van der Waals surface area contributed by atoms with Crippen LogP contribution in [0.5, 0.6) is 0 Å². The predicted octanol–water partition coefficient (Wildman–Crippen LogP) is 6.01. The van der Waals surface area contributed by atoms with E-state index in [2.05, 4.69) is 41.0 Å². The lowest BCUT2D eigenvalue weighted by Crippen LogP contribution is -2.48. The van der Waals surface area contributed by atoms with Crippen LogP contribution in [0.4, 0.5) is 31.8 Å². The average Bonchev–Trinajstić information content (AvgIpc) is 3.25. The van der Waals surface area contributed by atoms with Gasteiger partial charge >= 0.3 is 0 Å². The monoisotopic (exact) mass is 825 g/mol. The zero-order chi connectivity index (χ0) is 41.6. The van der Waals surface area contributed by atoms with Crippen molar-refractivity contribution in [1.29, 1.82) is 0 Å². The standard InChI is InChI=1S/C45H57F2N9O4/c46-36-26-34(49-38-16-18-40(57)52-44(38)60)15-17-39(36)55-22-20-54(21-23-55)28-30-9-7-29(8-10-30)24-41(58)50-32-11-13-33(14-12-32)51-45-48-27-37(47)43(53-45)31-4-3-5-35(25-31)56-19-2-1-6-42(56)59/h3-5,15,17,25-27,29-30,32-33,38,49H,1-2,6-14,16,18-24,28H2,(H,50,58)(H,48,51,53)(H,52,57,60)/t29?,30?,32-,33-,38?. The highest BCUT2D eigenvalue weighted by Gasteiger charge is 2.30. The second kappa shape index (κ2) is 19.0. The van der Waals surface area contributed by atoms with Gasteiger partial charge in [-0.25, -0.2) is 18.7 Å². The Morgan fingerprint density at radius 2 is 1.55 bits per heavy atom. The lowest BCUT2D eigenvalue weighted by Gasteiger charge is -2.39. The van der Waals surface area contributed by atoms with E-state index in [1.165, 1.54) is 12.3 Å². The largest absolute Gasteiger partial charge is 0.374 e. The van der Waals surface area contributed by atoms with E-state index in [9.17, 15) is 23.6 Å². The molecule has 15 heteroatoms. The summed E-state index contributed by atoms with van der Waals surface area (Å²) in [6, 6.07) is 12.0. The van der Waals surface area contributed by atoms with Gasteiger partial charge in [-0.1, -0.05) is 12.1 Å². The minimum atomic E-state index is -0.552. The van der Waals surface area contributed by atoms with Crippen LogP contribution < -0.4 is 31.1 Å². The fraction of sp³-hybridized carbons (Fsp3) is 0.556. The highest BCUT2D eigenvalue weighted by atomic mass is 19.1. The quantitative estimate of drug-likeness (QED) is 0.160. The summed E-state index contributed by atoms with van der Waals surface area (Å²) in [7, 11) is 0. The van der Waals surface area contributed by atoms with E-state index in [-0.39, 0.29) is 53.6 Å². The van der Waals surface area contributed by atoms with Crippen molar-refractivity contribution in [3.63, 3.8) is 0 Å². The van der Waals surface area contributed by atoms with Crippen LogP contribution in [0.15, 0.2) is 48.7 Å². The van der Waals surface area contributed by atoms with Gasteiger partial charge in [0.15, 0.2) is 5.82 Å². The van der Waals surface area contributed by atoms with Crippen LogP contribution in [-0.4, -0.2) is 95.9 Å². The molecular formula is C45H57F2N9O4. The number of amides is 4. The molecule has 0 spiro atoms. The molecule has 4 amide bonds. The zero-order valence-corrected chi connectivity index (χ0v) is 34.3. The number of nitrogens with zero attached hydrogens (tertiary/aromatic N) is 5. The van der Waals surface area contributed by atoms with E-state index in [4.69, 9.17) is 0 Å². The van der Waals surface area contributed by atoms with Gasteiger partial charge in [-0.15, -0.1) is 0 Å². The number of piperazine rings is 1. The van der Waals surface area contributed by atoms with Crippen molar-refractivity contribution in [2.75, 3.05) is 59.7 Å². The van der Waals surface area contributed by atoms with Crippen LogP contribution in [0.1, 0.15) is 89.9 Å². The Labute approximate surface area is 350 Å². The molecule has 0 bridgehead atoms. The van der Waals surface area contributed by atoms with E-state index in [1.807, 2.05) is 18.2 Å². The molecule has 2 aliphatic carbocycles. The van der Waals surface area contributed by atoms with Crippen molar-refractivity contribution in [3.05, 3.63) is 60.3 Å². The Bertz CT molecular complexity index is 2030. The first-order chi connectivity index (χ1) is 29.1. The molecule has 4 N–H and O–H groups in total. The van der Waals surface area contributed by atoms with Gasteiger partial charge in [0.05, 0.1) is 11.9 Å². The van der Waals surface area contributed by atoms with Crippen molar-refractivity contribution in [2.45, 2.75) is 108 Å². The fourth-order valence-electron chi connectivity index (χ4n) is 9.69. The lowest BCUT2D eigenvalue weighted by molar-refractivity contribution is -0.133. The van der Waals surface area contributed by atoms with Gasteiger partial charge in [0, 0.05) is 87.6 Å². The number of halogens is 2. The van der Waals surface area contributed by atoms with E-state index < -0.39 is 11.9 Å². The summed E-state index contributed by atoms with van der Waals surface area (Å²) in [6.07, 6.45) is 12.5. The molecule has 3 saturated heterocycles. The summed E-state index contributed by atoms with van der Waals surface area (Å²) < 4.78 is 30.2. The van der Waals surface area contributed by atoms with Crippen LogP contribution in [0.2, 0.25) is 0 Å². The fourth-order valence-corrected chi connectivity index (χ4v) is 9.69. The van der Waals surface area contributed by atoms with Crippen LogP contribution >= 0.6 is 0 Å². The minimum absolute atomic E-state index is 0.0873. The van der Waals surface area contributed by atoms with E-state index in [0.717, 1.165) is 103 Å². The van der Waals surface area contributed by atoms with Gasteiger partial charge in [-0.05, 0) is 113 Å². The Hall–Kier alpha value is -5.18. The number of aromatic nitrogens is 2. The molecular weight excluding hydrogens is 769 g/mol. The topological polar surface area (TPSA) is 152 Å². The van der Waals surface area contributed by atoms with Crippen LogP contribution in [0.25, 0.3) is 11.3 Å². The predicted molar refractivity (Wildman–Crippen MR) is 226 cm³/mol.